The molecule has 1 aromatic heterocycles. The molecule has 2 aromatic rings. The highest BCUT2D eigenvalue weighted by Crippen LogP contribution is 2.26. The average Bonchev–Trinajstić information content (AvgIpc) is 3.06. The molecule has 0 unspecified atom stereocenters. The molecule has 2 amide bonds. The van der Waals surface area contributed by atoms with E-state index in [4.69, 9.17) is 0 Å². The molecule has 1 fully saturated rings. The highest BCUT2D eigenvalue weighted by Gasteiger charge is 2.35. The van der Waals surface area contributed by atoms with E-state index in [1.807, 2.05) is 12.3 Å². The number of carbonyl (C=O) groups is 2. The van der Waals surface area contributed by atoms with Gasteiger partial charge in [0.25, 0.3) is 0 Å². The number of benzene rings is 1. The molecule has 1 atom stereocenters. The first kappa shape index (κ1) is 14.6. The van der Waals surface area contributed by atoms with Gasteiger partial charge in [0.1, 0.15) is 5.82 Å². The van der Waals surface area contributed by atoms with Gasteiger partial charge >= 0.3 is 0 Å². The highest BCUT2D eigenvalue weighted by molar-refractivity contribution is 7.13. The smallest absolute Gasteiger partial charge is 0.231 e. The van der Waals surface area contributed by atoms with E-state index in [0.29, 0.717) is 17.4 Å². The minimum atomic E-state index is -0.429. The number of rotatable bonds is 3. The van der Waals surface area contributed by atoms with E-state index >= 15 is 0 Å². The van der Waals surface area contributed by atoms with Gasteiger partial charge in [-0.1, -0.05) is 0 Å². The molecule has 7 heteroatoms. The molecule has 5 nitrogen and oxygen atoms in total. The predicted molar refractivity (Wildman–Crippen MR) is 82.3 cm³/mol. The third-order valence-electron chi connectivity index (χ3n) is 3.48. The molecule has 22 heavy (non-hydrogen) atoms. The van der Waals surface area contributed by atoms with Crippen LogP contribution in [0.15, 0.2) is 29.6 Å². The van der Waals surface area contributed by atoms with Crippen LogP contribution in [0.25, 0.3) is 0 Å². The number of amides is 2. The summed E-state index contributed by atoms with van der Waals surface area (Å²) in [6, 6.07) is 5.68. The van der Waals surface area contributed by atoms with Gasteiger partial charge in [-0.15, -0.1) is 11.3 Å². The molecular weight excluding hydrogens is 305 g/mol. The second-order valence-corrected chi connectivity index (χ2v) is 6.02. The largest absolute Gasteiger partial charge is 0.312 e. The normalized spacial score (nSPS) is 17.8. The van der Waals surface area contributed by atoms with E-state index in [9.17, 15) is 14.0 Å². The van der Waals surface area contributed by atoms with Crippen LogP contribution >= 0.6 is 11.3 Å². The van der Waals surface area contributed by atoms with Crippen molar-refractivity contribution in [2.45, 2.75) is 13.3 Å². The van der Waals surface area contributed by atoms with Gasteiger partial charge < -0.3 is 10.2 Å². The standard InChI is InChI=1S/C15H14FN3O2S/c1-9-8-22-15(17-9)18-14(21)10-6-13(20)19(7-10)12-4-2-11(16)3-5-12/h2-5,8,10H,6-7H2,1H3,(H,17,18,21)/t10-/m0/s1. The Hall–Kier alpha value is -2.28. The van der Waals surface area contributed by atoms with Crippen LogP contribution in [0, 0.1) is 18.7 Å². The molecule has 0 saturated carbocycles. The van der Waals surface area contributed by atoms with Crippen molar-refractivity contribution < 1.29 is 14.0 Å². The summed E-state index contributed by atoms with van der Waals surface area (Å²) >= 11 is 1.35. The van der Waals surface area contributed by atoms with Crippen molar-refractivity contribution in [3.05, 3.63) is 41.2 Å². The van der Waals surface area contributed by atoms with Crippen molar-refractivity contribution in [1.29, 1.82) is 0 Å². The zero-order valence-electron chi connectivity index (χ0n) is 11.9. The maximum atomic E-state index is 12.9. The summed E-state index contributed by atoms with van der Waals surface area (Å²) < 4.78 is 12.9. The van der Waals surface area contributed by atoms with E-state index in [1.54, 1.807) is 0 Å². The number of nitrogens with zero attached hydrogens (tertiary/aromatic N) is 2. The molecule has 0 bridgehead atoms. The van der Waals surface area contributed by atoms with Crippen LogP contribution in [0.5, 0.6) is 0 Å². The van der Waals surface area contributed by atoms with Crippen LogP contribution in [0.1, 0.15) is 12.1 Å². The lowest BCUT2D eigenvalue weighted by atomic mass is 10.1. The zero-order chi connectivity index (χ0) is 15.7. The average molecular weight is 319 g/mol. The van der Waals surface area contributed by atoms with Crippen molar-refractivity contribution in [1.82, 2.24) is 4.98 Å². The number of nitrogens with one attached hydrogen (secondary N) is 1. The molecule has 3 rings (SSSR count). The topological polar surface area (TPSA) is 62.3 Å². The minimum Gasteiger partial charge on any atom is -0.312 e. The third kappa shape index (κ3) is 2.99. The fourth-order valence-electron chi connectivity index (χ4n) is 2.37. The van der Waals surface area contributed by atoms with E-state index in [-0.39, 0.29) is 24.1 Å². The Morgan fingerprint density at radius 2 is 2.14 bits per heavy atom. The molecular formula is C15H14FN3O2S. The zero-order valence-corrected chi connectivity index (χ0v) is 12.7. The maximum absolute atomic E-state index is 12.9. The van der Waals surface area contributed by atoms with Gasteiger partial charge in [-0.25, -0.2) is 9.37 Å². The van der Waals surface area contributed by atoms with Gasteiger partial charge in [-0.05, 0) is 31.2 Å². The second-order valence-electron chi connectivity index (χ2n) is 5.17. The molecule has 1 saturated heterocycles. The molecule has 1 N–H and O–H groups in total. The third-order valence-corrected chi connectivity index (χ3v) is 4.36. The molecule has 1 aromatic carbocycles. The van der Waals surface area contributed by atoms with Crippen LogP contribution in [-0.2, 0) is 9.59 Å². The molecule has 0 radical (unpaired) electrons. The second kappa shape index (κ2) is 5.84. The summed E-state index contributed by atoms with van der Waals surface area (Å²) in [7, 11) is 0. The van der Waals surface area contributed by atoms with Crippen LogP contribution in [0.4, 0.5) is 15.2 Å². The summed E-state index contributed by atoms with van der Waals surface area (Å²) in [5, 5.41) is 5.12. The number of aromatic nitrogens is 1. The molecule has 1 aliphatic rings. The summed E-state index contributed by atoms with van der Waals surface area (Å²) in [5.74, 6) is -1.14. The van der Waals surface area contributed by atoms with E-state index in [1.165, 1.54) is 40.5 Å². The van der Waals surface area contributed by atoms with E-state index in [0.717, 1.165) is 5.69 Å². The first-order valence-corrected chi connectivity index (χ1v) is 7.70. The van der Waals surface area contributed by atoms with Crippen LogP contribution in [0.2, 0.25) is 0 Å². The lowest BCUT2D eigenvalue weighted by Gasteiger charge is -2.16. The first-order valence-electron chi connectivity index (χ1n) is 6.82. The van der Waals surface area contributed by atoms with E-state index in [2.05, 4.69) is 10.3 Å². The Kier molecular flexibility index (Phi) is 3.89. The minimum absolute atomic E-state index is 0.137. The number of aryl methyl sites for hydroxylation is 1. The van der Waals surface area contributed by atoms with Crippen molar-refractivity contribution >= 4 is 34.0 Å². The molecule has 0 aliphatic carbocycles. The Morgan fingerprint density at radius 3 is 2.77 bits per heavy atom. The Morgan fingerprint density at radius 1 is 1.41 bits per heavy atom. The summed E-state index contributed by atoms with van der Waals surface area (Å²) in [5.41, 5.74) is 1.45. The fourth-order valence-corrected chi connectivity index (χ4v) is 3.06. The molecule has 2 heterocycles. The van der Waals surface area contributed by atoms with Gasteiger partial charge in [0.05, 0.1) is 11.6 Å². The monoisotopic (exact) mass is 319 g/mol. The highest BCUT2D eigenvalue weighted by atomic mass is 32.1. The summed E-state index contributed by atoms with van der Waals surface area (Å²) in [6.45, 7) is 2.14. The maximum Gasteiger partial charge on any atom is 0.231 e. The van der Waals surface area contributed by atoms with Gasteiger partial charge in [-0.3, -0.25) is 9.59 Å². The lowest BCUT2D eigenvalue weighted by Crippen LogP contribution is -2.28. The predicted octanol–water partition coefficient (Wildman–Crippen LogP) is 2.58. The Balaban J connectivity index is 1.68. The number of anilines is 2. The molecule has 1 aliphatic heterocycles. The van der Waals surface area contributed by atoms with E-state index < -0.39 is 5.92 Å². The van der Waals surface area contributed by atoms with Crippen molar-refractivity contribution in [3.63, 3.8) is 0 Å². The lowest BCUT2D eigenvalue weighted by molar-refractivity contribution is -0.122. The van der Waals surface area contributed by atoms with Crippen molar-refractivity contribution in [2.75, 3.05) is 16.8 Å². The number of hydrogen-bond acceptors (Lipinski definition) is 4. The van der Waals surface area contributed by atoms with Gasteiger partial charge in [0, 0.05) is 24.0 Å². The van der Waals surface area contributed by atoms with Gasteiger partial charge in [0.15, 0.2) is 5.13 Å². The van der Waals surface area contributed by atoms with Crippen molar-refractivity contribution in [2.24, 2.45) is 5.92 Å². The number of hydrogen-bond donors (Lipinski definition) is 1. The van der Waals surface area contributed by atoms with Crippen LogP contribution in [-0.4, -0.2) is 23.3 Å². The number of halogens is 1. The Labute approximate surface area is 130 Å². The van der Waals surface area contributed by atoms with Crippen LogP contribution in [0.3, 0.4) is 0 Å². The summed E-state index contributed by atoms with van der Waals surface area (Å²) in [4.78, 5) is 30.0. The van der Waals surface area contributed by atoms with Crippen molar-refractivity contribution in [3.8, 4) is 0 Å². The first-order chi connectivity index (χ1) is 10.5. The Bertz CT molecular complexity index is 714. The number of carbonyl (C=O) groups excluding carboxylic acids is 2. The quantitative estimate of drug-likeness (QED) is 0.946. The molecule has 114 valence electrons. The van der Waals surface area contributed by atoms with Gasteiger partial charge in [0.2, 0.25) is 11.8 Å². The molecule has 0 spiro atoms. The summed E-state index contributed by atoms with van der Waals surface area (Å²) in [6.07, 6.45) is 0.146. The van der Waals surface area contributed by atoms with Gasteiger partial charge in [-0.2, -0.15) is 0 Å². The number of thiazole rings is 1. The SMILES string of the molecule is Cc1csc(NC(=O)[C@H]2CC(=O)N(c3ccc(F)cc3)C2)n1. The van der Waals surface area contributed by atoms with Crippen LogP contribution < -0.4 is 10.2 Å². The fraction of sp³-hybridized carbons (Fsp3) is 0.267.